The minimum Gasteiger partial charge on any atom is -0.397 e. The lowest BCUT2D eigenvalue weighted by molar-refractivity contribution is -0.118. The maximum Gasteiger partial charge on any atom is 0.243 e. The number of benzene rings is 1. The topological polar surface area (TPSA) is 101 Å². The number of nitrogens with one attached hydrogen (secondary N) is 1. The molecule has 0 aliphatic rings. The molecule has 1 aromatic carbocycles. The Hall–Kier alpha value is -1.30. The summed E-state index contributed by atoms with van der Waals surface area (Å²) in [5.41, 5.74) is 11.5. The molecule has 0 saturated carbocycles. The Labute approximate surface area is 92.0 Å². The van der Waals surface area contributed by atoms with Crippen molar-refractivity contribution in [3.63, 3.8) is 0 Å². The van der Waals surface area contributed by atoms with Crippen LogP contribution in [0.5, 0.6) is 0 Å². The van der Waals surface area contributed by atoms with Crippen molar-refractivity contribution in [1.29, 1.82) is 0 Å². The summed E-state index contributed by atoms with van der Waals surface area (Å²) in [6, 6.07) is 4.66. The maximum absolute atomic E-state index is 11.3. The van der Waals surface area contributed by atoms with Gasteiger partial charge in [-0.05, 0) is 12.1 Å². The van der Waals surface area contributed by atoms with Crippen LogP contribution in [-0.2, 0) is 4.79 Å². The number of halogens is 1. The first-order valence-corrected chi connectivity index (χ1v) is 4.56. The van der Waals surface area contributed by atoms with Gasteiger partial charge in [0.2, 0.25) is 5.91 Å². The lowest BCUT2D eigenvalue weighted by Gasteiger charge is -2.11. The number of aliphatic hydroxyl groups excluding tert-OH is 1. The Balaban J connectivity index is 2.77. The van der Waals surface area contributed by atoms with Crippen molar-refractivity contribution in [1.82, 2.24) is 0 Å². The van der Waals surface area contributed by atoms with E-state index in [9.17, 15) is 4.79 Å². The van der Waals surface area contributed by atoms with Crippen molar-refractivity contribution in [2.45, 2.75) is 6.04 Å². The van der Waals surface area contributed by atoms with Crippen molar-refractivity contribution in [2.75, 3.05) is 17.7 Å². The zero-order chi connectivity index (χ0) is 11.4. The second-order valence-electron chi connectivity index (χ2n) is 2.93. The van der Waals surface area contributed by atoms with E-state index < -0.39 is 18.6 Å². The molecule has 0 fully saturated rings. The van der Waals surface area contributed by atoms with Crippen LogP contribution in [0.25, 0.3) is 0 Å². The Morgan fingerprint density at radius 3 is 2.93 bits per heavy atom. The van der Waals surface area contributed by atoms with E-state index >= 15 is 0 Å². The first-order chi connectivity index (χ1) is 7.04. The van der Waals surface area contributed by atoms with Crippen LogP contribution in [0.4, 0.5) is 11.4 Å². The SMILES string of the molecule is Nc1cc(Cl)c[c]c1NC(=O)[C@@H](N)CO. The third kappa shape index (κ3) is 3.09. The monoisotopic (exact) mass is 228 g/mol. The van der Waals surface area contributed by atoms with E-state index in [2.05, 4.69) is 11.4 Å². The highest BCUT2D eigenvalue weighted by atomic mass is 35.5. The number of hydrogen-bond donors (Lipinski definition) is 4. The molecule has 0 saturated heterocycles. The van der Waals surface area contributed by atoms with Crippen LogP contribution in [0.15, 0.2) is 12.1 Å². The molecule has 1 amide bonds. The number of nitrogens with two attached hydrogens (primary N) is 2. The quantitative estimate of drug-likeness (QED) is 0.546. The van der Waals surface area contributed by atoms with Crippen LogP contribution in [0.3, 0.4) is 0 Å². The van der Waals surface area contributed by atoms with Crippen LogP contribution < -0.4 is 16.8 Å². The number of nitrogen functional groups attached to an aromatic ring is 1. The lowest BCUT2D eigenvalue weighted by Crippen LogP contribution is -2.38. The molecule has 5 nitrogen and oxygen atoms in total. The highest BCUT2D eigenvalue weighted by Crippen LogP contribution is 2.21. The first kappa shape index (κ1) is 11.8. The number of carbonyl (C=O) groups excluding carboxylic acids is 1. The average Bonchev–Trinajstić information content (AvgIpc) is 2.20. The molecule has 0 aromatic heterocycles. The van der Waals surface area contributed by atoms with Crippen molar-refractivity contribution in [3.05, 3.63) is 23.2 Å². The van der Waals surface area contributed by atoms with Crippen LogP contribution in [-0.4, -0.2) is 23.7 Å². The molecule has 0 spiro atoms. The van der Waals surface area contributed by atoms with Crippen LogP contribution in [0.2, 0.25) is 5.02 Å². The fourth-order valence-electron chi connectivity index (χ4n) is 0.894. The van der Waals surface area contributed by atoms with Gasteiger partial charge in [0.05, 0.1) is 18.0 Å². The standard InChI is InChI=1S/C9H11ClN3O2/c10-5-1-2-8(6(11)3-5)13-9(15)7(12)4-14/h1,3,7,14H,4,11-12H2,(H,13,15)/t7-/m0/s1. The molecular formula is C9H11ClN3O2. The first-order valence-electron chi connectivity index (χ1n) is 4.18. The second-order valence-corrected chi connectivity index (χ2v) is 3.36. The van der Waals surface area contributed by atoms with Gasteiger partial charge in [-0.15, -0.1) is 0 Å². The zero-order valence-electron chi connectivity index (χ0n) is 7.83. The average molecular weight is 229 g/mol. The van der Waals surface area contributed by atoms with Gasteiger partial charge in [0.25, 0.3) is 0 Å². The zero-order valence-corrected chi connectivity index (χ0v) is 8.58. The molecule has 0 aliphatic carbocycles. The molecule has 0 unspecified atom stereocenters. The molecule has 1 rings (SSSR count). The van der Waals surface area contributed by atoms with Gasteiger partial charge in [0, 0.05) is 11.1 Å². The van der Waals surface area contributed by atoms with E-state index in [1.54, 1.807) is 0 Å². The summed E-state index contributed by atoms with van der Waals surface area (Å²) >= 11 is 5.65. The Bertz CT molecular complexity index is 370. The normalized spacial score (nSPS) is 12.2. The van der Waals surface area contributed by atoms with E-state index in [0.717, 1.165) is 0 Å². The lowest BCUT2D eigenvalue weighted by atomic mass is 10.2. The van der Waals surface area contributed by atoms with E-state index in [-0.39, 0.29) is 0 Å². The molecule has 6 N–H and O–H groups in total. The summed E-state index contributed by atoms with van der Waals surface area (Å²) in [6.45, 7) is -0.431. The van der Waals surface area contributed by atoms with Gasteiger partial charge in [-0.1, -0.05) is 11.6 Å². The van der Waals surface area contributed by atoms with E-state index in [1.165, 1.54) is 12.1 Å². The van der Waals surface area contributed by atoms with Crippen LogP contribution in [0, 0.1) is 6.07 Å². The van der Waals surface area contributed by atoms with E-state index in [1.807, 2.05) is 0 Å². The largest absolute Gasteiger partial charge is 0.397 e. The van der Waals surface area contributed by atoms with E-state index in [0.29, 0.717) is 16.4 Å². The third-order valence-electron chi connectivity index (χ3n) is 1.72. The summed E-state index contributed by atoms with van der Waals surface area (Å²) in [6.07, 6.45) is 0. The number of carbonyl (C=O) groups is 1. The van der Waals surface area contributed by atoms with Gasteiger partial charge in [0.15, 0.2) is 0 Å². The molecule has 1 atom stereocenters. The summed E-state index contributed by atoms with van der Waals surface area (Å²) in [5, 5.41) is 11.5. The molecule has 6 heteroatoms. The van der Waals surface area contributed by atoms with Gasteiger partial charge >= 0.3 is 0 Å². The molecular weight excluding hydrogens is 218 g/mol. The third-order valence-corrected chi connectivity index (χ3v) is 1.94. The molecule has 1 radical (unpaired) electrons. The second kappa shape index (κ2) is 4.97. The number of aliphatic hydroxyl groups is 1. The summed E-state index contributed by atoms with van der Waals surface area (Å²) in [5.74, 6) is -0.525. The van der Waals surface area contributed by atoms with Gasteiger partial charge in [-0.2, -0.15) is 0 Å². The van der Waals surface area contributed by atoms with Crippen LogP contribution >= 0.6 is 11.6 Å². The van der Waals surface area contributed by atoms with Crippen molar-refractivity contribution in [3.8, 4) is 0 Å². The predicted molar refractivity (Wildman–Crippen MR) is 58.4 cm³/mol. The highest BCUT2D eigenvalue weighted by molar-refractivity contribution is 6.31. The Morgan fingerprint density at radius 1 is 1.73 bits per heavy atom. The van der Waals surface area contributed by atoms with Gasteiger partial charge in [0.1, 0.15) is 6.04 Å². The molecule has 1 aromatic rings. The fourth-order valence-corrected chi connectivity index (χ4v) is 1.07. The number of rotatable bonds is 3. The van der Waals surface area contributed by atoms with Gasteiger partial charge < -0.3 is 21.9 Å². The van der Waals surface area contributed by atoms with Gasteiger partial charge in [-0.3, -0.25) is 4.79 Å². The number of amides is 1. The van der Waals surface area contributed by atoms with Crippen LogP contribution in [0.1, 0.15) is 0 Å². The molecule has 15 heavy (non-hydrogen) atoms. The molecule has 0 heterocycles. The van der Waals surface area contributed by atoms with Crippen molar-refractivity contribution >= 4 is 28.9 Å². The fraction of sp³-hybridized carbons (Fsp3) is 0.222. The molecule has 81 valence electrons. The van der Waals surface area contributed by atoms with E-state index in [4.69, 9.17) is 28.2 Å². The Morgan fingerprint density at radius 2 is 2.40 bits per heavy atom. The highest BCUT2D eigenvalue weighted by Gasteiger charge is 2.13. The summed E-state index contributed by atoms with van der Waals surface area (Å²) in [7, 11) is 0. The Kier molecular flexibility index (Phi) is 3.90. The molecule has 0 bridgehead atoms. The minimum absolute atomic E-state index is 0.293. The maximum atomic E-state index is 11.3. The van der Waals surface area contributed by atoms with Crippen molar-refractivity contribution in [2.24, 2.45) is 5.73 Å². The predicted octanol–water partition coefficient (Wildman–Crippen LogP) is -0.0195. The summed E-state index contributed by atoms with van der Waals surface area (Å²) in [4.78, 5) is 11.3. The smallest absolute Gasteiger partial charge is 0.243 e. The van der Waals surface area contributed by atoms with Gasteiger partial charge in [-0.25, -0.2) is 0 Å². The number of anilines is 2. The molecule has 0 aliphatic heterocycles. The number of hydrogen-bond acceptors (Lipinski definition) is 4. The summed E-state index contributed by atoms with van der Waals surface area (Å²) < 4.78 is 0. The minimum atomic E-state index is -0.978. The van der Waals surface area contributed by atoms with Crippen molar-refractivity contribution < 1.29 is 9.90 Å².